The molecule has 0 spiro atoms. The number of carbonyl (C=O) groups is 2. The Balaban J connectivity index is 1.76. The number of fused-ring (bicyclic) bond motifs is 1. The zero-order valence-electron chi connectivity index (χ0n) is 19.5. The van der Waals surface area contributed by atoms with Crippen LogP contribution in [0.3, 0.4) is 0 Å². The summed E-state index contributed by atoms with van der Waals surface area (Å²) >= 11 is 6.08. The maximum atomic E-state index is 13.5. The van der Waals surface area contributed by atoms with E-state index in [1.54, 1.807) is 67.6 Å². The second kappa shape index (κ2) is 10.1. The van der Waals surface area contributed by atoms with Gasteiger partial charge in [0, 0.05) is 28.7 Å². The lowest BCUT2D eigenvalue weighted by Gasteiger charge is -2.20. The van der Waals surface area contributed by atoms with Crippen molar-refractivity contribution in [2.24, 2.45) is 7.05 Å². The van der Waals surface area contributed by atoms with E-state index in [4.69, 9.17) is 16.3 Å². The number of hydrogen-bond acceptors (Lipinski definition) is 5. The molecule has 35 heavy (non-hydrogen) atoms. The standard InChI is InChI=1S/C27H24ClN3O4/c1-4-21(25(32)30-22-11-7-8-16(2)29-22)35-27(34)24-23(17-12-14-18(28)15-13-17)19-9-5-6-10-20(19)26(33)31(24)3/h5-15,21H,4H2,1-3H3,(H,29,30,32). The fourth-order valence-electron chi connectivity index (χ4n) is 3.94. The molecule has 4 aromatic rings. The summed E-state index contributed by atoms with van der Waals surface area (Å²) in [5.41, 5.74) is 1.67. The number of nitrogens with one attached hydrogen (secondary N) is 1. The number of aryl methyl sites for hydroxylation is 1. The van der Waals surface area contributed by atoms with Crippen molar-refractivity contribution in [1.29, 1.82) is 0 Å². The van der Waals surface area contributed by atoms with Crippen molar-refractivity contribution >= 4 is 40.1 Å². The van der Waals surface area contributed by atoms with Gasteiger partial charge < -0.3 is 14.6 Å². The molecular weight excluding hydrogens is 466 g/mol. The molecule has 4 rings (SSSR count). The number of ether oxygens (including phenoxy) is 1. The number of anilines is 1. The maximum absolute atomic E-state index is 13.5. The molecular formula is C27H24ClN3O4. The van der Waals surface area contributed by atoms with Gasteiger partial charge in [-0.2, -0.15) is 0 Å². The van der Waals surface area contributed by atoms with E-state index in [2.05, 4.69) is 10.3 Å². The summed E-state index contributed by atoms with van der Waals surface area (Å²) < 4.78 is 6.92. The van der Waals surface area contributed by atoms with Crippen LogP contribution in [0.1, 0.15) is 29.5 Å². The quantitative estimate of drug-likeness (QED) is 0.379. The van der Waals surface area contributed by atoms with Crippen LogP contribution in [-0.2, 0) is 16.6 Å². The molecule has 0 fully saturated rings. The first kappa shape index (κ1) is 24.2. The molecule has 178 valence electrons. The molecule has 1 unspecified atom stereocenters. The highest BCUT2D eigenvalue weighted by Crippen LogP contribution is 2.32. The van der Waals surface area contributed by atoms with Gasteiger partial charge in [-0.25, -0.2) is 9.78 Å². The summed E-state index contributed by atoms with van der Waals surface area (Å²) in [6, 6.07) is 19.3. The molecule has 0 bridgehead atoms. The van der Waals surface area contributed by atoms with Gasteiger partial charge in [0.05, 0.1) is 0 Å². The lowest BCUT2D eigenvalue weighted by Crippen LogP contribution is -2.34. The summed E-state index contributed by atoms with van der Waals surface area (Å²) in [7, 11) is 1.52. The Kier molecular flexibility index (Phi) is 6.98. The van der Waals surface area contributed by atoms with Crippen molar-refractivity contribution in [3.63, 3.8) is 0 Å². The third-order valence-electron chi connectivity index (χ3n) is 5.68. The highest BCUT2D eigenvalue weighted by molar-refractivity contribution is 6.30. The number of aromatic nitrogens is 2. The molecule has 1 atom stereocenters. The van der Waals surface area contributed by atoms with Gasteiger partial charge in [0.15, 0.2) is 6.10 Å². The SMILES string of the molecule is CCC(OC(=O)c1c(-c2ccc(Cl)cc2)c2ccccc2c(=O)n1C)C(=O)Nc1cccc(C)n1. The Morgan fingerprint density at radius 2 is 1.71 bits per heavy atom. The van der Waals surface area contributed by atoms with Gasteiger partial charge in [0.1, 0.15) is 11.5 Å². The van der Waals surface area contributed by atoms with Crippen molar-refractivity contribution < 1.29 is 14.3 Å². The van der Waals surface area contributed by atoms with E-state index in [0.29, 0.717) is 32.7 Å². The van der Waals surface area contributed by atoms with E-state index < -0.39 is 18.0 Å². The fourth-order valence-corrected chi connectivity index (χ4v) is 4.07. The first-order valence-corrected chi connectivity index (χ1v) is 11.5. The van der Waals surface area contributed by atoms with E-state index in [0.717, 1.165) is 5.69 Å². The van der Waals surface area contributed by atoms with Gasteiger partial charge in [-0.1, -0.05) is 54.9 Å². The second-order valence-electron chi connectivity index (χ2n) is 8.10. The largest absolute Gasteiger partial charge is 0.448 e. The molecule has 2 heterocycles. The molecule has 0 aliphatic rings. The number of hydrogen-bond donors (Lipinski definition) is 1. The minimum atomic E-state index is -1.08. The van der Waals surface area contributed by atoms with Crippen molar-refractivity contribution in [1.82, 2.24) is 9.55 Å². The number of esters is 1. The molecule has 0 saturated carbocycles. The minimum Gasteiger partial charge on any atom is -0.448 e. The minimum absolute atomic E-state index is 0.0518. The molecule has 2 aromatic carbocycles. The molecule has 1 amide bonds. The predicted molar refractivity (Wildman–Crippen MR) is 137 cm³/mol. The summed E-state index contributed by atoms with van der Waals surface area (Å²) in [5.74, 6) is -0.915. The highest BCUT2D eigenvalue weighted by Gasteiger charge is 2.28. The van der Waals surface area contributed by atoms with Crippen molar-refractivity contribution in [2.45, 2.75) is 26.4 Å². The summed E-state index contributed by atoms with van der Waals surface area (Å²) in [6.07, 6.45) is -0.842. The van der Waals surface area contributed by atoms with E-state index in [1.165, 1.54) is 11.6 Å². The molecule has 0 radical (unpaired) electrons. The van der Waals surface area contributed by atoms with Crippen LogP contribution in [0.2, 0.25) is 5.02 Å². The Hall–Kier alpha value is -3.97. The Morgan fingerprint density at radius 3 is 2.37 bits per heavy atom. The molecule has 1 N–H and O–H groups in total. The predicted octanol–water partition coefficient (Wildman–Crippen LogP) is 5.14. The number of amides is 1. The monoisotopic (exact) mass is 489 g/mol. The Bertz CT molecular complexity index is 1480. The van der Waals surface area contributed by atoms with Gasteiger partial charge in [-0.05, 0) is 54.6 Å². The number of rotatable bonds is 6. The number of benzene rings is 2. The zero-order chi connectivity index (χ0) is 25.1. The topological polar surface area (TPSA) is 90.3 Å². The van der Waals surface area contributed by atoms with Crippen LogP contribution in [-0.4, -0.2) is 27.5 Å². The van der Waals surface area contributed by atoms with Crippen LogP contribution < -0.4 is 10.9 Å². The van der Waals surface area contributed by atoms with Crippen molar-refractivity contribution in [3.05, 3.63) is 93.5 Å². The van der Waals surface area contributed by atoms with Gasteiger partial charge in [0.2, 0.25) is 0 Å². The second-order valence-corrected chi connectivity index (χ2v) is 8.53. The molecule has 0 aliphatic carbocycles. The lowest BCUT2D eigenvalue weighted by atomic mass is 9.96. The van der Waals surface area contributed by atoms with Crippen LogP contribution in [0.25, 0.3) is 21.9 Å². The average Bonchev–Trinajstić information content (AvgIpc) is 2.85. The lowest BCUT2D eigenvalue weighted by molar-refractivity contribution is -0.124. The highest BCUT2D eigenvalue weighted by atomic mass is 35.5. The average molecular weight is 490 g/mol. The first-order valence-electron chi connectivity index (χ1n) is 11.1. The van der Waals surface area contributed by atoms with E-state index in [1.807, 2.05) is 13.0 Å². The van der Waals surface area contributed by atoms with Crippen molar-refractivity contribution in [2.75, 3.05) is 5.32 Å². The third-order valence-corrected chi connectivity index (χ3v) is 5.93. The van der Waals surface area contributed by atoms with Crippen LogP contribution in [0, 0.1) is 6.92 Å². The first-order chi connectivity index (χ1) is 16.8. The molecule has 2 aromatic heterocycles. The number of nitrogens with zero attached hydrogens (tertiary/aromatic N) is 2. The van der Waals surface area contributed by atoms with Crippen LogP contribution in [0.15, 0.2) is 71.5 Å². The molecule has 0 aliphatic heterocycles. The normalized spacial score (nSPS) is 11.8. The zero-order valence-corrected chi connectivity index (χ0v) is 20.3. The van der Waals surface area contributed by atoms with Crippen LogP contribution >= 0.6 is 11.6 Å². The number of carbonyl (C=O) groups excluding carboxylic acids is 2. The molecule has 8 heteroatoms. The summed E-state index contributed by atoms with van der Waals surface area (Å²) in [5, 5.41) is 4.30. The summed E-state index contributed by atoms with van der Waals surface area (Å²) in [4.78, 5) is 43.7. The Labute approximate surface area is 207 Å². The molecule has 0 saturated heterocycles. The van der Waals surface area contributed by atoms with E-state index >= 15 is 0 Å². The van der Waals surface area contributed by atoms with Gasteiger partial charge in [-0.15, -0.1) is 0 Å². The maximum Gasteiger partial charge on any atom is 0.356 e. The van der Waals surface area contributed by atoms with Gasteiger partial charge in [0.25, 0.3) is 11.5 Å². The smallest absolute Gasteiger partial charge is 0.356 e. The van der Waals surface area contributed by atoms with Crippen LogP contribution in [0.4, 0.5) is 5.82 Å². The number of halogens is 1. The Morgan fingerprint density at radius 1 is 1.03 bits per heavy atom. The van der Waals surface area contributed by atoms with Crippen LogP contribution in [0.5, 0.6) is 0 Å². The fraction of sp³-hybridized carbons (Fsp3) is 0.185. The third kappa shape index (κ3) is 4.95. The molecule has 7 nitrogen and oxygen atoms in total. The van der Waals surface area contributed by atoms with Crippen molar-refractivity contribution in [3.8, 4) is 11.1 Å². The van der Waals surface area contributed by atoms with Gasteiger partial charge in [-0.3, -0.25) is 9.59 Å². The summed E-state index contributed by atoms with van der Waals surface area (Å²) in [6.45, 7) is 3.55. The number of pyridine rings is 2. The van der Waals surface area contributed by atoms with E-state index in [-0.39, 0.29) is 17.7 Å². The van der Waals surface area contributed by atoms with Gasteiger partial charge >= 0.3 is 5.97 Å². The van der Waals surface area contributed by atoms with E-state index in [9.17, 15) is 14.4 Å².